The molecule has 0 amide bonds. The lowest BCUT2D eigenvalue weighted by atomic mass is 9.92. The molecule has 1 unspecified atom stereocenters. The van der Waals surface area contributed by atoms with Crippen molar-refractivity contribution in [2.75, 3.05) is 0 Å². The molecule has 18 heavy (non-hydrogen) atoms. The number of benzene rings is 1. The van der Waals surface area contributed by atoms with Gasteiger partial charge in [0.1, 0.15) is 23.5 Å². The summed E-state index contributed by atoms with van der Waals surface area (Å²) in [6.07, 6.45) is -4.11. The van der Waals surface area contributed by atoms with Crippen LogP contribution in [0.2, 0.25) is 0 Å². The summed E-state index contributed by atoms with van der Waals surface area (Å²) in [4.78, 5) is 0. The van der Waals surface area contributed by atoms with Crippen molar-refractivity contribution in [3.05, 3.63) is 35.4 Å². The number of para-hydroxylation sites is 1. The van der Waals surface area contributed by atoms with E-state index < -0.39 is 12.5 Å². The van der Waals surface area contributed by atoms with Crippen LogP contribution in [0.25, 0.3) is 5.57 Å². The maximum absolute atomic E-state index is 12.7. The van der Waals surface area contributed by atoms with Crippen molar-refractivity contribution in [2.24, 2.45) is 0 Å². The molecule has 1 heterocycles. The van der Waals surface area contributed by atoms with Crippen LogP contribution >= 0.6 is 0 Å². The van der Waals surface area contributed by atoms with Crippen molar-refractivity contribution in [3.63, 3.8) is 0 Å². The minimum absolute atomic E-state index is 0.134. The number of fused-ring (bicyclic) bond motifs is 1. The van der Waals surface area contributed by atoms with Gasteiger partial charge in [-0.15, -0.1) is 0 Å². The summed E-state index contributed by atoms with van der Waals surface area (Å²) >= 11 is 0. The van der Waals surface area contributed by atoms with Gasteiger partial charge in [-0.05, 0) is 11.6 Å². The van der Waals surface area contributed by atoms with Crippen LogP contribution in [0.15, 0.2) is 29.8 Å². The lowest BCUT2D eigenvalue weighted by Crippen LogP contribution is -2.29. The molecule has 0 spiro atoms. The second-order valence-corrected chi connectivity index (χ2v) is 3.77. The van der Waals surface area contributed by atoms with Gasteiger partial charge in [0, 0.05) is 12.0 Å². The monoisotopic (exact) mass is 246 g/mol. The van der Waals surface area contributed by atoms with Gasteiger partial charge in [0.2, 0.25) is 0 Å². The van der Waals surface area contributed by atoms with Crippen molar-refractivity contribution >= 4 is 5.57 Å². The molecular formula is C13H8F2N2O. The molecule has 3 nitrogen and oxygen atoms in total. The summed E-state index contributed by atoms with van der Waals surface area (Å²) in [5, 5.41) is 17.7. The number of nitriles is 2. The average Bonchev–Trinajstić information content (AvgIpc) is 2.39. The molecule has 1 aromatic rings. The van der Waals surface area contributed by atoms with Crippen LogP contribution in [-0.2, 0) is 0 Å². The molecule has 0 radical (unpaired) electrons. The van der Waals surface area contributed by atoms with Gasteiger partial charge in [-0.25, -0.2) is 8.78 Å². The summed E-state index contributed by atoms with van der Waals surface area (Å²) in [5.74, 6) is 0.284. The van der Waals surface area contributed by atoms with Crippen molar-refractivity contribution in [1.82, 2.24) is 0 Å². The molecule has 0 bridgehead atoms. The normalized spacial score (nSPS) is 17.4. The first-order valence-electron chi connectivity index (χ1n) is 5.25. The van der Waals surface area contributed by atoms with Gasteiger partial charge in [0.25, 0.3) is 6.43 Å². The number of hydrogen-bond donors (Lipinski definition) is 0. The SMILES string of the molecule is N#CC(C#N)=C1CC(C(F)F)Oc2ccccc21. The maximum Gasteiger partial charge on any atom is 0.275 e. The summed E-state index contributed by atoms with van der Waals surface area (Å²) < 4.78 is 30.7. The molecular weight excluding hydrogens is 238 g/mol. The number of rotatable bonds is 1. The Morgan fingerprint density at radius 3 is 2.56 bits per heavy atom. The van der Waals surface area contributed by atoms with Crippen molar-refractivity contribution in [2.45, 2.75) is 19.0 Å². The number of ether oxygens (including phenoxy) is 1. The van der Waals surface area contributed by atoms with Crippen LogP contribution in [0, 0.1) is 22.7 Å². The van der Waals surface area contributed by atoms with Crippen LogP contribution in [0.1, 0.15) is 12.0 Å². The van der Waals surface area contributed by atoms with E-state index >= 15 is 0 Å². The van der Waals surface area contributed by atoms with Gasteiger partial charge < -0.3 is 4.74 Å². The van der Waals surface area contributed by atoms with Crippen LogP contribution in [0.5, 0.6) is 5.75 Å². The summed E-state index contributed by atoms with van der Waals surface area (Å²) in [6.45, 7) is 0. The smallest absolute Gasteiger partial charge is 0.275 e. The Hall–Kier alpha value is -2.40. The van der Waals surface area contributed by atoms with Crippen LogP contribution < -0.4 is 4.74 Å². The molecule has 0 aliphatic carbocycles. The number of hydrogen-bond acceptors (Lipinski definition) is 3. The van der Waals surface area contributed by atoms with Gasteiger partial charge in [-0.1, -0.05) is 18.2 Å². The molecule has 5 heteroatoms. The Bertz CT molecular complexity index is 565. The molecule has 90 valence electrons. The molecule has 0 aromatic heterocycles. The number of halogens is 2. The van der Waals surface area contributed by atoms with E-state index in [0.29, 0.717) is 11.1 Å². The van der Waals surface area contributed by atoms with Crippen molar-refractivity contribution < 1.29 is 13.5 Å². The zero-order chi connectivity index (χ0) is 13.1. The fourth-order valence-corrected chi connectivity index (χ4v) is 1.87. The van der Waals surface area contributed by atoms with Crippen molar-refractivity contribution in [1.29, 1.82) is 10.5 Å². The topological polar surface area (TPSA) is 56.8 Å². The second kappa shape index (κ2) is 4.85. The van der Waals surface area contributed by atoms with Gasteiger partial charge >= 0.3 is 0 Å². The fourth-order valence-electron chi connectivity index (χ4n) is 1.87. The summed E-state index contributed by atoms with van der Waals surface area (Å²) in [6, 6.07) is 10.0. The van der Waals surface area contributed by atoms with E-state index in [4.69, 9.17) is 15.3 Å². The Labute approximate surface area is 103 Å². The van der Waals surface area contributed by atoms with Crippen LogP contribution in [0.4, 0.5) is 8.78 Å². The van der Waals surface area contributed by atoms with Crippen LogP contribution in [-0.4, -0.2) is 12.5 Å². The molecule has 2 rings (SSSR count). The quantitative estimate of drug-likeness (QED) is 0.716. The van der Waals surface area contributed by atoms with E-state index in [1.165, 1.54) is 0 Å². The van der Waals surface area contributed by atoms with E-state index in [1.54, 1.807) is 36.4 Å². The zero-order valence-corrected chi connectivity index (χ0v) is 9.23. The summed E-state index contributed by atoms with van der Waals surface area (Å²) in [5.41, 5.74) is 0.719. The van der Waals surface area contributed by atoms with Gasteiger partial charge in [0.15, 0.2) is 6.10 Å². The highest BCUT2D eigenvalue weighted by atomic mass is 19.3. The third-order valence-electron chi connectivity index (χ3n) is 2.70. The van der Waals surface area contributed by atoms with Gasteiger partial charge in [-0.2, -0.15) is 10.5 Å². The molecule has 0 fully saturated rings. The van der Waals surface area contributed by atoms with E-state index in [1.807, 2.05) is 0 Å². The number of allylic oxidation sites excluding steroid dienone is 1. The minimum atomic E-state index is -2.66. The third-order valence-corrected chi connectivity index (χ3v) is 2.70. The minimum Gasteiger partial charge on any atom is -0.483 e. The highest BCUT2D eigenvalue weighted by Gasteiger charge is 2.31. The highest BCUT2D eigenvalue weighted by molar-refractivity contribution is 5.79. The Balaban J connectivity index is 2.58. The van der Waals surface area contributed by atoms with Crippen LogP contribution in [0.3, 0.4) is 0 Å². The zero-order valence-electron chi connectivity index (χ0n) is 9.23. The number of nitrogens with zero attached hydrogens (tertiary/aromatic N) is 2. The van der Waals surface area contributed by atoms with E-state index in [9.17, 15) is 8.78 Å². The molecule has 1 aliphatic rings. The van der Waals surface area contributed by atoms with Gasteiger partial charge in [-0.3, -0.25) is 0 Å². The predicted octanol–water partition coefficient (Wildman–Crippen LogP) is 2.90. The Morgan fingerprint density at radius 2 is 1.94 bits per heavy atom. The molecule has 1 aromatic carbocycles. The summed E-state index contributed by atoms with van der Waals surface area (Å²) in [7, 11) is 0. The second-order valence-electron chi connectivity index (χ2n) is 3.77. The van der Waals surface area contributed by atoms with E-state index in [2.05, 4.69) is 0 Å². The third kappa shape index (κ3) is 2.03. The molecule has 1 aliphatic heterocycles. The molecule has 1 atom stereocenters. The molecule has 0 saturated heterocycles. The largest absolute Gasteiger partial charge is 0.483 e. The Morgan fingerprint density at radius 1 is 1.28 bits per heavy atom. The van der Waals surface area contributed by atoms with E-state index in [-0.39, 0.29) is 17.7 Å². The first-order valence-corrected chi connectivity index (χ1v) is 5.25. The molecule has 0 N–H and O–H groups in total. The lowest BCUT2D eigenvalue weighted by molar-refractivity contribution is 0.0114. The average molecular weight is 246 g/mol. The predicted molar refractivity (Wildman–Crippen MR) is 59.6 cm³/mol. The first-order chi connectivity index (χ1) is 8.67. The highest BCUT2D eigenvalue weighted by Crippen LogP contribution is 2.38. The van der Waals surface area contributed by atoms with Gasteiger partial charge in [0.05, 0.1) is 0 Å². The standard InChI is InChI=1S/C13H8F2N2O/c14-13(15)12-5-10(8(6-16)7-17)9-3-1-2-4-11(9)18-12/h1-4,12-13H,5H2. The Kier molecular flexibility index (Phi) is 3.25. The fraction of sp³-hybridized carbons (Fsp3) is 0.231. The molecule has 0 saturated carbocycles. The lowest BCUT2D eigenvalue weighted by Gasteiger charge is -2.27. The van der Waals surface area contributed by atoms with E-state index in [0.717, 1.165) is 0 Å². The first kappa shape index (κ1) is 12.1. The maximum atomic E-state index is 12.7. The van der Waals surface area contributed by atoms with Crippen molar-refractivity contribution in [3.8, 4) is 17.9 Å². The number of alkyl halides is 2.